The molecule has 1 N–H and O–H groups in total. The maximum absolute atomic E-state index is 12.9. The van der Waals surface area contributed by atoms with Crippen molar-refractivity contribution in [1.29, 1.82) is 0 Å². The van der Waals surface area contributed by atoms with E-state index in [2.05, 4.69) is 5.32 Å². The number of anilines is 1. The average molecular weight is 404 g/mol. The van der Waals surface area contributed by atoms with Crippen molar-refractivity contribution in [3.05, 3.63) is 83.6 Å². The highest BCUT2D eigenvalue weighted by atomic mass is 32.2. The van der Waals surface area contributed by atoms with Gasteiger partial charge in [-0.15, -0.1) is 0 Å². The minimum Gasteiger partial charge on any atom is -0.450 e. The van der Waals surface area contributed by atoms with Gasteiger partial charge in [0, 0.05) is 4.90 Å². The van der Waals surface area contributed by atoms with E-state index in [0.29, 0.717) is 16.5 Å². The van der Waals surface area contributed by atoms with Crippen molar-refractivity contribution in [2.75, 3.05) is 4.90 Å². The Morgan fingerprint density at radius 1 is 0.931 bits per heavy atom. The number of hydrogen-bond donors (Lipinski definition) is 1. The third-order valence-electron chi connectivity index (χ3n) is 4.31. The summed E-state index contributed by atoms with van der Waals surface area (Å²) in [5.74, 6) is -1.10. The molecule has 2 heterocycles. The van der Waals surface area contributed by atoms with Crippen molar-refractivity contribution in [3.8, 4) is 0 Å². The van der Waals surface area contributed by atoms with Gasteiger partial charge in [-0.1, -0.05) is 48.2 Å². The van der Waals surface area contributed by atoms with Gasteiger partial charge in [0.25, 0.3) is 11.8 Å². The van der Waals surface area contributed by atoms with E-state index in [-0.39, 0.29) is 5.57 Å². The number of benzene rings is 2. The molecule has 6 nitrogen and oxygen atoms in total. The van der Waals surface area contributed by atoms with Crippen LogP contribution in [0.15, 0.2) is 86.7 Å². The van der Waals surface area contributed by atoms with E-state index in [1.807, 2.05) is 36.4 Å². The third-order valence-corrected chi connectivity index (χ3v) is 5.24. The first-order chi connectivity index (χ1) is 14.0. The van der Waals surface area contributed by atoms with E-state index in [9.17, 15) is 14.4 Å². The molecule has 4 amide bonds. The summed E-state index contributed by atoms with van der Waals surface area (Å²) < 4.78 is 5.73. The molecule has 1 saturated heterocycles. The molecule has 29 heavy (non-hydrogen) atoms. The number of nitrogens with zero attached hydrogens (tertiary/aromatic N) is 1. The SMILES string of the molecule is Cc1ccccc1N1C(=O)NC(=O)/C(=C\c2ccc(Sc3ccccc3)o2)C1=O. The van der Waals surface area contributed by atoms with Crippen LogP contribution in [0.4, 0.5) is 10.5 Å². The molecule has 1 aliphatic heterocycles. The number of hydrogen-bond acceptors (Lipinski definition) is 5. The Bertz CT molecular complexity index is 1130. The molecular weight excluding hydrogens is 388 g/mol. The number of para-hydroxylation sites is 1. The number of carbonyl (C=O) groups excluding carboxylic acids is 3. The van der Waals surface area contributed by atoms with Gasteiger partial charge in [0.1, 0.15) is 11.3 Å². The third kappa shape index (κ3) is 3.86. The summed E-state index contributed by atoms with van der Waals surface area (Å²) in [7, 11) is 0. The van der Waals surface area contributed by atoms with Crippen LogP contribution in [-0.2, 0) is 9.59 Å². The number of urea groups is 1. The van der Waals surface area contributed by atoms with Crippen molar-refractivity contribution in [2.45, 2.75) is 16.9 Å². The first-order valence-electron chi connectivity index (χ1n) is 8.83. The summed E-state index contributed by atoms with van der Waals surface area (Å²) in [6, 6.07) is 19.3. The fraction of sp³-hybridized carbons (Fsp3) is 0.0455. The molecule has 1 fully saturated rings. The van der Waals surface area contributed by atoms with Crippen molar-refractivity contribution in [3.63, 3.8) is 0 Å². The van der Waals surface area contributed by atoms with Gasteiger partial charge in [-0.25, -0.2) is 9.69 Å². The molecule has 0 unspecified atom stereocenters. The number of barbiturate groups is 1. The van der Waals surface area contributed by atoms with Crippen LogP contribution in [0.2, 0.25) is 0 Å². The second-order valence-corrected chi connectivity index (χ2v) is 7.39. The van der Waals surface area contributed by atoms with E-state index in [1.165, 1.54) is 17.8 Å². The van der Waals surface area contributed by atoms with E-state index >= 15 is 0 Å². The van der Waals surface area contributed by atoms with Gasteiger partial charge in [0.2, 0.25) is 0 Å². The van der Waals surface area contributed by atoms with Gasteiger partial charge in [0.05, 0.1) is 5.69 Å². The van der Waals surface area contributed by atoms with Gasteiger partial charge >= 0.3 is 6.03 Å². The molecule has 0 saturated carbocycles. The number of imide groups is 2. The molecule has 0 aliphatic carbocycles. The lowest BCUT2D eigenvalue weighted by Crippen LogP contribution is -2.54. The zero-order chi connectivity index (χ0) is 20.4. The van der Waals surface area contributed by atoms with Crippen molar-refractivity contribution >= 4 is 41.4 Å². The molecule has 3 aromatic rings. The first-order valence-corrected chi connectivity index (χ1v) is 9.64. The highest BCUT2D eigenvalue weighted by Crippen LogP contribution is 2.30. The first kappa shape index (κ1) is 18.8. The van der Waals surface area contributed by atoms with Crippen LogP contribution in [0.25, 0.3) is 6.08 Å². The van der Waals surface area contributed by atoms with E-state index in [1.54, 1.807) is 37.3 Å². The number of aryl methyl sites for hydroxylation is 1. The summed E-state index contributed by atoms with van der Waals surface area (Å²) in [6.45, 7) is 1.79. The largest absolute Gasteiger partial charge is 0.450 e. The fourth-order valence-corrected chi connectivity index (χ4v) is 3.70. The smallest absolute Gasteiger partial charge is 0.335 e. The topological polar surface area (TPSA) is 79.6 Å². The van der Waals surface area contributed by atoms with E-state index < -0.39 is 17.8 Å². The molecule has 7 heteroatoms. The van der Waals surface area contributed by atoms with Gasteiger partial charge in [0.15, 0.2) is 5.09 Å². The number of carbonyl (C=O) groups is 3. The maximum atomic E-state index is 12.9. The van der Waals surface area contributed by atoms with Gasteiger partial charge in [-0.3, -0.25) is 14.9 Å². The zero-order valence-electron chi connectivity index (χ0n) is 15.4. The van der Waals surface area contributed by atoms with E-state index in [0.717, 1.165) is 15.4 Å². The van der Waals surface area contributed by atoms with Crippen molar-refractivity contribution in [2.24, 2.45) is 0 Å². The Morgan fingerprint density at radius 3 is 2.41 bits per heavy atom. The second-order valence-electron chi connectivity index (χ2n) is 6.32. The molecule has 0 atom stereocenters. The minimum atomic E-state index is -0.772. The molecule has 0 spiro atoms. The average Bonchev–Trinajstić information content (AvgIpc) is 3.14. The Morgan fingerprint density at radius 2 is 1.66 bits per heavy atom. The Kier molecular flexibility index (Phi) is 5.05. The van der Waals surface area contributed by atoms with Gasteiger partial charge in [-0.2, -0.15) is 0 Å². The summed E-state index contributed by atoms with van der Waals surface area (Å²) in [5.41, 5.74) is 0.996. The predicted molar refractivity (Wildman–Crippen MR) is 109 cm³/mol. The highest BCUT2D eigenvalue weighted by Gasteiger charge is 2.37. The summed E-state index contributed by atoms with van der Waals surface area (Å²) in [5, 5.41) is 2.84. The van der Waals surface area contributed by atoms with Crippen molar-refractivity contribution < 1.29 is 18.8 Å². The van der Waals surface area contributed by atoms with Gasteiger partial charge in [-0.05, 0) is 48.9 Å². The minimum absolute atomic E-state index is 0.168. The predicted octanol–water partition coefficient (Wildman–Crippen LogP) is 4.41. The molecule has 2 aromatic carbocycles. The fourth-order valence-electron chi connectivity index (χ4n) is 2.90. The Hall–Kier alpha value is -3.58. The Labute approximate surface area is 171 Å². The Balaban J connectivity index is 1.63. The van der Waals surface area contributed by atoms with Crippen molar-refractivity contribution in [1.82, 2.24) is 5.32 Å². The van der Waals surface area contributed by atoms with Crippen LogP contribution in [0, 0.1) is 6.92 Å². The summed E-state index contributed by atoms with van der Waals surface area (Å²) in [4.78, 5) is 39.5. The molecular formula is C22H16N2O4S. The molecule has 0 bridgehead atoms. The maximum Gasteiger partial charge on any atom is 0.335 e. The van der Waals surface area contributed by atoms with Crippen LogP contribution < -0.4 is 10.2 Å². The van der Waals surface area contributed by atoms with Crippen LogP contribution in [0.3, 0.4) is 0 Å². The van der Waals surface area contributed by atoms with Crippen LogP contribution in [0.5, 0.6) is 0 Å². The lowest BCUT2D eigenvalue weighted by atomic mass is 10.1. The van der Waals surface area contributed by atoms with Gasteiger partial charge < -0.3 is 4.42 Å². The van der Waals surface area contributed by atoms with E-state index in [4.69, 9.17) is 4.42 Å². The van der Waals surface area contributed by atoms with Crippen LogP contribution in [0.1, 0.15) is 11.3 Å². The quantitative estimate of drug-likeness (QED) is 0.515. The standard InChI is InChI=1S/C22H16N2O4S/c1-14-7-5-6-10-18(14)24-21(26)17(20(25)23-22(24)27)13-15-11-12-19(28-15)29-16-8-3-2-4-9-16/h2-13H,1H3,(H,23,25,27)/b17-13+. The molecule has 0 radical (unpaired) electrons. The zero-order valence-corrected chi connectivity index (χ0v) is 16.2. The number of furan rings is 1. The van der Waals surface area contributed by atoms with Crippen LogP contribution in [-0.4, -0.2) is 17.8 Å². The second kappa shape index (κ2) is 7.81. The monoisotopic (exact) mass is 404 g/mol. The molecule has 4 rings (SSSR count). The molecule has 1 aromatic heterocycles. The highest BCUT2D eigenvalue weighted by molar-refractivity contribution is 7.99. The summed E-state index contributed by atoms with van der Waals surface area (Å²) in [6.07, 6.45) is 1.35. The van der Waals surface area contributed by atoms with Crippen LogP contribution >= 0.6 is 11.8 Å². The number of rotatable bonds is 4. The number of amides is 4. The summed E-state index contributed by atoms with van der Waals surface area (Å²) >= 11 is 1.43. The lowest BCUT2D eigenvalue weighted by molar-refractivity contribution is -0.122. The molecule has 144 valence electrons. The normalized spacial score (nSPS) is 15.7. The molecule has 1 aliphatic rings. The number of nitrogens with one attached hydrogen (secondary N) is 1. The lowest BCUT2D eigenvalue weighted by Gasteiger charge is -2.27.